The van der Waals surface area contributed by atoms with Crippen LogP contribution in [0.1, 0.15) is 30.5 Å². The van der Waals surface area contributed by atoms with E-state index in [-0.39, 0.29) is 17.4 Å². The van der Waals surface area contributed by atoms with Gasteiger partial charge in [-0.1, -0.05) is 0 Å². The monoisotopic (exact) mass is 445 g/mol. The molecule has 0 radical (unpaired) electrons. The molecule has 0 amide bonds. The number of hydrogen-bond acceptors (Lipinski definition) is 9. The van der Waals surface area contributed by atoms with Gasteiger partial charge in [-0.05, 0) is 31.9 Å². The largest absolute Gasteiger partial charge is 0.493 e. The number of nitrogens with zero attached hydrogens (tertiary/aromatic N) is 5. The Kier molecular flexibility index (Phi) is 5.88. The standard InChI is InChI=1S/C20H23N5O5S/c1-13-21-10-15(11-22-13)20-24-23-19(30-20)14-5-4-8-25(12-14)31(26,27)16-6-7-17(28-2)18(9-16)29-3/h6-7,9-11,14H,4-5,8,12H2,1-3H3/t14-/m0/s1. The minimum Gasteiger partial charge on any atom is -0.493 e. The number of piperidine rings is 1. The zero-order valence-corrected chi connectivity index (χ0v) is 18.3. The number of sulfonamides is 1. The number of aromatic nitrogens is 4. The summed E-state index contributed by atoms with van der Waals surface area (Å²) < 4.78 is 44.2. The van der Waals surface area contributed by atoms with Crippen molar-refractivity contribution in [2.24, 2.45) is 0 Å². The van der Waals surface area contributed by atoms with E-state index in [0.29, 0.717) is 47.6 Å². The molecular formula is C20H23N5O5S. The van der Waals surface area contributed by atoms with Crippen LogP contribution in [0.25, 0.3) is 11.5 Å². The van der Waals surface area contributed by atoms with Gasteiger partial charge in [-0.25, -0.2) is 18.4 Å². The van der Waals surface area contributed by atoms with Gasteiger partial charge in [0, 0.05) is 31.5 Å². The Morgan fingerprint density at radius 3 is 2.55 bits per heavy atom. The summed E-state index contributed by atoms with van der Waals surface area (Å²) in [5.41, 5.74) is 0.620. The van der Waals surface area contributed by atoms with E-state index < -0.39 is 10.0 Å². The summed E-state index contributed by atoms with van der Waals surface area (Å²) in [5.74, 6) is 2.00. The first-order valence-corrected chi connectivity index (χ1v) is 11.2. The molecule has 2 aromatic heterocycles. The fourth-order valence-corrected chi connectivity index (χ4v) is 5.05. The number of benzene rings is 1. The smallest absolute Gasteiger partial charge is 0.250 e. The zero-order chi connectivity index (χ0) is 22.0. The third kappa shape index (κ3) is 4.23. The van der Waals surface area contributed by atoms with Crippen LogP contribution in [-0.4, -0.2) is 60.2 Å². The molecule has 0 saturated carbocycles. The third-order valence-electron chi connectivity index (χ3n) is 5.19. The molecule has 1 fully saturated rings. The van der Waals surface area contributed by atoms with Crippen molar-refractivity contribution in [3.63, 3.8) is 0 Å². The molecule has 0 N–H and O–H groups in total. The molecule has 4 rings (SSSR count). The molecular weight excluding hydrogens is 422 g/mol. The lowest BCUT2D eigenvalue weighted by Gasteiger charge is -2.30. The molecule has 1 atom stereocenters. The van der Waals surface area contributed by atoms with Gasteiger partial charge < -0.3 is 13.9 Å². The van der Waals surface area contributed by atoms with Gasteiger partial charge in [-0.3, -0.25) is 0 Å². The minimum atomic E-state index is -3.72. The average molecular weight is 446 g/mol. The van der Waals surface area contributed by atoms with E-state index in [1.165, 1.54) is 30.7 Å². The number of ether oxygens (including phenoxy) is 2. The molecule has 11 heteroatoms. The second kappa shape index (κ2) is 8.60. The highest BCUT2D eigenvalue weighted by atomic mass is 32.2. The van der Waals surface area contributed by atoms with Gasteiger partial charge in [-0.2, -0.15) is 4.31 Å². The summed E-state index contributed by atoms with van der Waals surface area (Å²) in [6.45, 7) is 2.46. The van der Waals surface area contributed by atoms with Crippen molar-refractivity contribution in [3.05, 3.63) is 42.3 Å². The topological polar surface area (TPSA) is 121 Å². The lowest BCUT2D eigenvalue weighted by molar-refractivity contribution is 0.286. The summed E-state index contributed by atoms with van der Waals surface area (Å²) in [5, 5.41) is 8.23. The first-order chi connectivity index (χ1) is 14.9. The average Bonchev–Trinajstić information content (AvgIpc) is 3.29. The molecule has 3 heterocycles. The van der Waals surface area contributed by atoms with Gasteiger partial charge in [0.2, 0.25) is 15.9 Å². The first kappa shape index (κ1) is 21.2. The molecule has 0 spiro atoms. The van der Waals surface area contributed by atoms with Crippen LogP contribution in [0.4, 0.5) is 0 Å². The molecule has 164 valence electrons. The fraction of sp³-hybridized carbons (Fsp3) is 0.400. The molecule has 0 unspecified atom stereocenters. The van der Waals surface area contributed by atoms with Gasteiger partial charge in [0.15, 0.2) is 11.5 Å². The van der Waals surface area contributed by atoms with Crippen LogP contribution in [0, 0.1) is 6.92 Å². The van der Waals surface area contributed by atoms with E-state index in [2.05, 4.69) is 20.2 Å². The predicted molar refractivity (Wildman–Crippen MR) is 110 cm³/mol. The molecule has 0 aliphatic carbocycles. The maximum absolute atomic E-state index is 13.2. The van der Waals surface area contributed by atoms with Crippen molar-refractivity contribution >= 4 is 10.0 Å². The molecule has 1 aromatic carbocycles. The Morgan fingerprint density at radius 1 is 1.10 bits per heavy atom. The van der Waals surface area contributed by atoms with E-state index in [1.54, 1.807) is 25.4 Å². The van der Waals surface area contributed by atoms with Crippen LogP contribution in [-0.2, 0) is 10.0 Å². The summed E-state index contributed by atoms with van der Waals surface area (Å²) in [6.07, 6.45) is 4.68. The fourth-order valence-electron chi connectivity index (χ4n) is 3.51. The summed E-state index contributed by atoms with van der Waals surface area (Å²) in [7, 11) is -0.750. The maximum Gasteiger partial charge on any atom is 0.250 e. The second-order valence-corrected chi connectivity index (χ2v) is 9.12. The van der Waals surface area contributed by atoms with Crippen molar-refractivity contribution < 1.29 is 22.3 Å². The number of rotatable bonds is 6. The van der Waals surface area contributed by atoms with E-state index in [1.807, 2.05) is 0 Å². The van der Waals surface area contributed by atoms with Crippen LogP contribution in [0.2, 0.25) is 0 Å². The summed E-state index contributed by atoms with van der Waals surface area (Å²) in [4.78, 5) is 8.42. The Hall–Kier alpha value is -3.05. The first-order valence-electron chi connectivity index (χ1n) is 9.77. The van der Waals surface area contributed by atoms with Crippen molar-refractivity contribution in [1.82, 2.24) is 24.5 Å². The number of hydrogen-bond donors (Lipinski definition) is 0. The predicted octanol–water partition coefficient (Wildman–Crippen LogP) is 2.42. The Labute approximate surface area is 180 Å². The van der Waals surface area contributed by atoms with Crippen molar-refractivity contribution in [2.45, 2.75) is 30.6 Å². The SMILES string of the molecule is COc1ccc(S(=O)(=O)N2CCC[C@H](c3nnc(-c4cnc(C)nc4)o3)C2)cc1OC. The molecule has 1 aliphatic heterocycles. The van der Waals surface area contributed by atoms with E-state index >= 15 is 0 Å². The molecule has 1 saturated heterocycles. The zero-order valence-electron chi connectivity index (χ0n) is 17.5. The number of methoxy groups -OCH3 is 2. The Balaban J connectivity index is 1.55. The molecule has 3 aromatic rings. The molecule has 1 aliphatic rings. The van der Waals surface area contributed by atoms with Crippen molar-refractivity contribution in [2.75, 3.05) is 27.3 Å². The van der Waals surface area contributed by atoms with Crippen LogP contribution in [0.3, 0.4) is 0 Å². The van der Waals surface area contributed by atoms with Gasteiger partial charge in [0.05, 0.1) is 30.6 Å². The normalized spacial score (nSPS) is 17.5. The van der Waals surface area contributed by atoms with Gasteiger partial charge in [-0.15, -0.1) is 10.2 Å². The molecule has 10 nitrogen and oxygen atoms in total. The Morgan fingerprint density at radius 2 is 1.84 bits per heavy atom. The number of aryl methyl sites for hydroxylation is 1. The van der Waals surface area contributed by atoms with Crippen molar-refractivity contribution in [3.8, 4) is 23.0 Å². The second-order valence-electron chi connectivity index (χ2n) is 7.18. The lowest BCUT2D eigenvalue weighted by Crippen LogP contribution is -2.39. The quantitative estimate of drug-likeness (QED) is 0.563. The summed E-state index contributed by atoms with van der Waals surface area (Å²) in [6, 6.07) is 4.57. The van der Waals surface area contributed by atoms with Gasteiger partial charge in [0.25, 0.3) is 5.89 Å². The summed E-state index contributed by atoms with van der Waals surface area (Å²) >= 11 is 0. The van der Waals surface area contributed by atoms with Crippen LogP contribution in [0.15, 0.2) is 39.9 Å². The van der Waals surface area contributed by atoms with Crippen LogP contribution >= 0.6 is 0 Å². The van der Waals surface area contributed by atoms with Gasteiger partial charge in [0.1, 0.15) is 5.82 Å². The van der Waals surface area contributed by atoms with E-state index in [9.17, 15) is 8.42 Å². The minimum absolute atomic E-state index is 0.147. The highest BCUT2D eigenvalue weighted by Gasteiger charge is 2.34. The molecule has 31 heavy (non-hydrogen) atoms. The van der Waals surface area contributed by atoms with E-state index in [4.69, 9.17) is 13.9 Å². The maximum atomic E-state index is 13.2. The van der Waals surface area contributed by atoms with Crippen LogP contribution < -0.4 is 9.47 Å². The third-order valence-corrected chi connectivity index (χ3v) is 7.06. The highest BCUT2D eigenvalue weighted by Crippen LogP contribution is 2.34. The van der Waals surface area contributed by atoms with Crippen molar-refractivity contribution in [1.29, 1.82) is 0 Å². The lowest BCUT2D eigenvalue weighted by atomic mass is 10.00. The Bertz CT molecular complexity index is 1160. The van der Waals surface area contributed by atoms with Crippen LogP contribution in [0.5, 0.6) is 11.5 Å². The highest BCUT2D eigenvalue weighted by molar-refractivity contribution is 7.89. The van der Waals surface area contributed by atoms with E-state index in [0.717, 1.165) is 6.42 Å². The molecule has 0 bridgehead atoms. The van der Waals surface area contributed by atoms with Gasteiger partial charge >= 0.3 is 0 Å².